The fourth-order valence-electron chi connectivity index (χ4n) is 2.75. The van der Waals surface area contributed by atoms with Crippen LogP contribution in [-0.4, -0.2) is 32.3 Å². The smallest absolute Gasteiger partial charge is 0.130 e. The van der Waals surface area contributed by atoms with Crippen molar-refractivity contribution in [1.29, 1.82) is 0 Å². The first-order chi connectivity index (χ1) is 9.65. The van der Waals surface area contributed by atoms with Crippen molar-refractivity contribution in [1.82, 2.24) is 5.32 Å². The number of ether oxygens (including phenoxy) is 1. The van der Waals surface area contributed by atoms with E-state index in [1.807, 2.05) is 13.0 Å². The molecule has 2 unspecified atom stereocenters. The number of benzene rings is 1. The first-order valence-electron chi connectivity index (χ1n) is 7.51. The van der Waals surface area contributed by atoms with Gasteiger partial charge >= 0.3 is 0 Å². The lowest BCUT2D eigenvalue weighted by molar-refractivity contribution is 0.0987. The summed E-state index contributed by atoms with van der Waals surface area (Å²) in [4.78, 5) is 2.26. The number of morpholine rings is 1. The van der Waals surface area contributed by atoms with Crippen LogP contribution >= 0.6 is 0 Å². The average Bonchev–Trinajstić information content (AvgIpc) is 2.45. The van der Waals surface area contributed by atoms with Gasteiger partial charge in [-0.2, -0.15) is 0 Å². The number of rotatable bonds is 5. The molecule has 3 nitrogen and oxygen atoms in total. The normalized spacial score (nSPS) is 21.0. The van der Waals surface area contributed by atoms with Crippen LogP contribution in [0.25, 0.3) is 0 Å². The van der Waals surface area contributed by atoms with Gasteiger partial charge in [-0.3, -0.25) is 0 Å². The van der Waals surface area contributed by atoms with E-state index in [2.05, 4.69) is 24.1 Å². The zero-order valence-corrected chi connectivity index (χ0v) is 12.7. The zero-order valence-electron chi connectivity index (χ0n) is 12.7. The summed E-state index contributed by atoms with van der Waals surface area (Å²) < 4.78 is 19.8. The van der Waals surface area contributed by atoms with Crippen molar-refractivity contribution in [2.75, 3.05) is 31.2 Å². The Morgan fingerprint density at radius 2 is 2.30 bits per heavy atom. The Bertz CT molecular complexity index is 438. The van der Waals surface area contributed by atoms with Gasteiger partial charge in [0.15, 0.2) is 0 Å². The molecule has 20 heavy (non-hydrogen) atoms. The van der Waals surface area contributed by atoms with Crippen LogP contribution < -0.4 is 10.2 Å². The second-order valence-electron chi connectivity index (χ2n) is 5.47. The Morgan fingerprint density at radius 3 is 3.00 bits per heavy atom. The molecule has 1 N–H and O–H groups in total. The summed E-state index contributed by atoms with van der Waals surface area (Å²) in [6.07, 6.45) is 1.04. The van der Waals surface area contributed by atoms with E-state index in [0.717, 1.165) is 30.8 Å². The molecule has 1 heterocycles. The van der Waals surface area contributed by atoms with Gasteiger partial charge in [-0.25, -0.2) is 4.39 Å². The molecule has 4 heteroatoms. The van der Waals surface area contributed by atoms with E-state index in [1.54, 1.807) is 12.1 Å². The van der Waals surface area contributed by atoms with Crippen LogP contribution in [0, 0.1) is 5.82 Å². The van der Waals surface area contributed by atoms with Crippen molar-refractivity contribution in [3.05, 3.63) is 29.6 Å². The van der Waals surface area contributed by atoms with Gasteiger partial charge in [0.2, 0.25) is 0 Å². The predicted molar refractivity (Wildman–Crippen MR) is 80.7 cm³/mol. The van der Waals surface area contributed by atoms with Gasteiger partial charge in [-0.15, -0.1) is 0 Å². The number of nitrogens with one attached hydrogen (secondary N) is 1. The Kier molecular flexibility index (Phi) is 5.38. The van der Waals surface area contributed by atoms with E-state index in [0.29, 0.717) is 13.2 Å². The molecule has 0 bridgehead atoms. The maximum Gasteiger partial charge on any atom is 0.130 e. The van der Waals surface area contributed by atoms with E-state index in [4.69, 9.17) is 4.74 Å². The summed E-state index contributed by atoms with van der Waals surface area (Å²) in [5.41, 5.74) is 1.77. The van der Waals surface area contributed by atoms with E-state index < -0.39 is 0 Å². The first-order valence-corrected chi connectivity index (χ1v) is 7.51. The average molecular weight is 280 g/mol. The van der Waals surface area contributed by atoms with Gasteiger partial charge in [0.05, 0.1) is 13.2 Å². The molecule has 0 radical (unpaired) electrons. The molecule has 1 fully saturated rings. The number of nitrogens with zero attached hydrogens (tertiary/aromatic N) is 1. The highest BCUT2D eigenvalue weighted by atomic mass is 19.1. The molecule has 1 aliphatic rings. The molecule has 1 aromatic carbocycles. The fraction of sp³-hybridized carbons (Fsp3) is 0.625. The molecule has 1 aliphatic heterocycles. The molecule has 0 amide bonds. The van der Waals surface area contributed by atoms with Crippen LogP contribution in [0.15, 0.2) is 18.2 Å². The molecular formula is C16H25FN2O. The summed E-state index contributed by atoms with van der Waals surface area (Å²) in [6.45, 7) is 9.39. The summed E-state index contributed by atoms with van der Waals surface area (Å²) in [6, 6.07) is 5.66. The lowest BCUT2D eigenvalue weighted by atomic mass is 10.0. The zero-order chi connectivity index (χ0) is 14.5. The second kappa shape index (κ2) is 7.04. The number of halogens is 1. The molecule has 0 aliphatic carbocycles. The summed E-state index contributed by atoms with van der Waals surface area (Å²) in [7, 11) is 0. The second-order valence-corrected chi connectivity index (χ2v) is 5.47. The lowest BCUT2D eigenvalue weighted by Gasteiger charge is -2.37. The predicted octanol–water partition coefficient (Wildman–Crippen LogP) is 3.11. The van der Waals surface area contributed by atoms with Crippen molar-refractivity contribution in [3.8, 4) is 0 Å². The van der Waals surface area contributed by atoms with Crippen molar-refractivity contribution in [2.45, 2.75) is 39.3 Å². The molecule has 0 aromatic heterocycles. The minimum Gasteiger partial charge on any atom is -0.377 e. The minimum atomic E-state index is -0.128. The first kappa shape index (κ1) is 15.3. The van der Waals surface area contributed by atoms with Crippen LogP contribution in [0.1, 0.15) is 38.8 Å². The Labute approximate surface area is 121 Å². The van der Waals surface area contributed by atoms with Gasteiger partial charge in [0, 0.05) is 29.9 Å². The molecule has 112 valence electrons. The van der Waals surface area contributed by atoms with Gasteiger partial charge in [-0.1, -0.05) is 13.0 Å². The Hall–Kier alpha value is -1.13. The number of anilines is 1. The van der Waals surface area contributed by atoms with E-state index in [-0.39, 0.29) is 17.9 Å². The largest absolute Gasteiger partial charge is 0.377 e. The minimum absolute atomic E-state index is 0.0150. The molecule has 2 atom stereocenters. The third-order valence-corrected chi connectivity index (χ3v) is 3.84. The van der Waals surface area contributed by atoms with Crippen molar-refractivity contribution < 1.29 is 9.13 Å². The fourth-order valence-corrected chi connectivity index (χ4v) is 2.75. The third kappa shape index (κ3) is 3.30. The third-order valence-electron chi connectivity index (χ3n) is 3.84. The van der Waals surface area contributed by atoms with Crippen LogP contribution in [-0.2, 0) is 4.74 Å². The van der Waals surface area contributed by atoms with Gasteiger partial charge in [-0.05, 0) is 38.9 Å². The number of hydrogen-bond donors (Lipinski definition) is 1. The highest BCUT2D eigenvalue weighted by Crippen LogP contribution is 2.31. The summed E-state index contributed by atoms with van der Waals surface area (Å²) in [5.74, 6) is -0.128. The molecule has 1 saturated heterocycles. The van der Waals surface area contributed by atoms with Crippen LogP contribution in [0.4, 0.5) is 10.1 Å². The quantitative estimate of drug-likeness (QED) is 0.897. The van der Waals surface area contributed by atoms with Gasteiger partial charge in [0.25, 0.3) is 0 Å². The van der Waals surface area contributed by atoms with E-state index in [9.17, 15) is 4.39 Å². The van der Waals surface area contributed by atoms with Crippen LogP contribution in [0.2, 0.25) is 0 Å². The van der Waals surface area contributed by atoms with Crippen molar-refractivity contribution in [2.24, 2.45) is 0 Å². The molecule has 0 spiro atoms. The molecule has 1 aromatic rings. The Balaban J connectivity index is 2.29. The topological polar surface area (TPSA) is 24.5 Å². The maximum absolute atomic E-state index is 14.3. The maximum atomic E-state index is 14.3. The molecule has 2 rings (SSSR count). The Morgan fingerprint density at radius 1 is 1.50 bits per heavy atom. The number of hydrogen-bond acceptors (Lipinski definition) is 3. The van der Waals surface area contributed by atoms with Gasteiger partial charge in [0.1, 0.15) is 5.82 Å². The van der Waals surface area contributed by atoms with Gasteiger partial charge < -0.3 is 15.0 Å². The van der Waals surface area contributed by atoms with Crippen LogP contribution in [0.5, 0.6) is 0 Å². The summed E-state index contributed by atoms with van der Waals surface area (Å²) in [5, 5.41) is 3.39. The van der Waals surface area contributed by atoms with Crippen LogP contribution in [0.3, 0.4) is 0 Å². The standard InChI is InChI=1S/C16H25FN2O/c1-4-8-18-13(3)16-14(17)6-5-7-15(16)19-9-10-20-11-12(19)2/h5-7,12-13,18H,4,8-11H2,1-3H3. The SMILES string of the molecule is CCCNC(C)c1c(F)cccc1N1CCOCC1C. The lowest BCUT2D eigenvalue weighted by Crippen LogP contribution is -2.44. The molecular weight excluding hydrogens is 255 g/mol. The van der Waals surface area contributed by atoms with E-state index in [1.165, 1.54) is 0 Å². The summed E-state index contributed by atoms with van der Waals surface area (Å²) >= 11 is 0. The van der Waals surface area contributed by atoms with Crippen molar-refractivity contribution in [3.63, 3.8) is 0 Å². The monoisotopic (exact) mass is 280 g/mol. The van der Waals surface area contributed by atoms with E-state index >= 15 is 0 Å². The van der Waals surface area contributed by atoms with Crippen molar-refractivity contribution >= 4 is 5.69 Å². The molecule has 0 saturated carbocycles. The highest BCUT2D eigenvalue weighted by Gasteiger charge is 2.24. The highest BCUT2D eigenvalue weighted by molar-refractivity contribution is 5.56.